The third kappa shape index (κ3) is 4.70. The highest BCUT2D eigenvalue weighted by atomic mass is 15.2. The molecule has 0 saturated carbocycles. The molecule has 0 radical (unpaired) electrons. The van der Waals surface area contributed by atoms with Gasteiger partial charge in [-0.3, -0.25) is 0 Å². The van der Waals surface area contributed by atoms with Crippen LogP contribution in [0.2, 0.25) is 0 Å². The molecular weight excluding hydrogens is 388 g/mol. The van der Waals surface area contributed by atoms with Crippen LogP contribution in [0, 0.1) is 0 Å². The second kappa shape index (κ2) is 9.81. The summed E-state index contributed by atoms with van der Waals surface area (Å²) in [7, 11) is 0. The molecule has 3 aromatic carbocycles. The zero-order valence-corrected chi connectivity index (χ0v) is 21.1. The van der Waals surface area contributed by atoms with Crippen LogP contribution in [-0.2, 0) is 0 Å². The van der Waals surface area contributed by atoms with Gasteiger partial charge in [0.2, 0.25) is 0 Å². The summed E-state index contributed by atoms with van der Waals surface area (Å²) in [4.78, 5) is 2.52. The molecule has 2 heteroatoms. The Morgan fingerprint density at radius 3 is 1.09 bits per heavy atom. The Labute approximate surface area is 195 Å². The topological polar surface area (TPSA) is 29.3 Å². The maximum Gasteiger partial charge on any atom is 0.0531 e. The second-order valence-corrected chi connectivity index (χ2v) is 10.1. The number of para-hydroxylation sites is 2. The van der Waals surface area contributed by atoms with Gasteiger partial charge in [0.05, 0.1) is 11.4 Å². The number of nitrogens with zero attached hydrogens (tertiary/aromatic N) is 1. The molecular formula is C30H40N2. The number of nitrogen functional groups attached to an aromatic ring is 1. The third-order valence-electron chi connectivity index (χ3n) is 6.28. The van der Waals surface area contributed by atoms with Crippen molar-refractivity contribution in [3.8, 4) is 0 Å². The SMILES string of the molecule is CC(C)c1cccc(C(C)C)c1N(c1ccc(N)cc1)c1c(C(C)C)cccc1C(C)C. The van der Waals surface area contributed by atoms with Crippen LogP contribution < -0.4 is 10.6 Å². The van der Waals surface area contributed by atoms with Crippen molar-refractivity contribution in [1.82, 2.24) is 0 Å². The normalized spacial score (nSPS) is 11.8. The van der Waals surface area contributed by atoms with E-state index in [9.17, 15) is 0 Å². The molecule has 2 N–H and O–H groups in total. The van der Waals surface area contributed by atoms with Gasteiger partial charge < -0.3 is 10.6 Å². The molecule has 0 saturated heterocycles. The number of nitrogens with two attached hydrogens (primary N) is 1. The van der Waals surface area contributed by atoms with Gasteiger partial charge in [-0.05, 0) is 70.2 Å². The summed E-state index contributed by atoms with van der Waals surface area (Å²) in [6.45, 7) is 18.3. The van der Waals surface area contributed by atoms with Crippen molar-refractivity contribution in [2.24, 2.45) is 0 Å². The molecule has 0 unspecified atom stereocenters. The lowest BCUT2D eigenvalue weighted by Crippen LogP contribution is -2.19. The molecule has 0 bridgehead atoms. The Hall–Kier alpha value is -2.74. The van der Waals surface area contributed by atoms with E-state index in [4.69, 9.17) is 5.73 Å². The molecule has 0 fully saturated rings. The molecule has 3 rings (SSSR count). The fourth-order valence-corrected chi connectivity index (χ4v) is 4.53. The van der Waals surface area contributed by atoms with E-state index < -0.39 is 0 Å². The maximum absolute atomic E-state index is 6.10. The second-order valence-electron chi connectivity index (χ2n) is 10.1. The summed E-state index contributed by atoms with van der Waals surface area (Å²) in [5, 5.41) is 0. The fraction of sp³-hybridized carbons (Fsp3) is 0.400. The predicted molar refractivity (Wildman–Crippen MR) is 142 cm³/mol. The molecule has 0 aliphatic rings. The molecule has 2 nitrogen and oxygen atoms in total. The first-order valence-corrected chi connectivity index (χ1v) is 12.0. The first-order chi connectivity index (χ1) is 15.1. The molecule has 0 atom stereocenters. The van der Waals surface area contributed by atoms with Crippen molar-refractivity contribution < 1.29 is 0 Å². The van der Waals surface area contributed by atoms with Crippen molar-refractivity contribution in [3.05, 3.63) is 82.9 Å². The van der Waals surface area contributed by atoms with Crippen LogP contribution in [0.4, 0.5) is 22.7 Å². The predicted octanol–water partition coefficient (Wildman–Crippen LogP) is 9.23. The smallest absolute Gasteiger partial charge is 0.0531 e. The Balaban J connectivity index is 2.50. The van der Waals surface area contributed by atoms with Crippen molar-refractivity contribution in [3.63, 3.8) is 0 Å². The molecule has 0 spiro atoms. The molecule has 0 heterocycles. The van der Waals surface area contributed by atoms with Gasteiger partial charge in [0, 0.05) is 11.4 Å². The highest BCUT2D eigenvalue weighted by Crippen LogP contribution is 2.48. The van der Waals surface area contributed by atoms with Crippen LogP contribution in [0.25, 0.3) is 0 Å². The highest BCUT2D eigenvalue weighted by molar-refractivity contribution is 5.85. The van der Waals surface area contributed by atoms with E-state index in [2.05, 4.69) is 109 Å². The molecule has 0 aliphatic heterocycles. The van der Waals surface area contributed by atoms with Gasteiger partial charge in [0.25, 0.3) is 0 Å². The molecule has 32 heavy (non-hydrogen) atoms. The Morgan fingerprint density at radius 1 is 0.500 bits per heavy atom. The van der Waals surface area contributed by atoms with Crippen LogP contribution in [0.5, 0.6) is 0 Å². The van der Waals surface area contributed by atoms with Gasteiger partial charge in [-0.25, -0.2) is 0 Å². The Kier molecular flexibility index (Phi) is 7.33. The number of anilines is 4. The first kappa shape index (κ1) is 23.9. The number of benzene rings is 3. The summed E-state index contributed by atoms with van der Waals surface area (Å²) in [6, 6.07) is 22.0. The lowest BCUT2D eigenvalue weighted by Gasteiger charge is -2.36. The van der Waals surface area contributed by atoms with Gasteiger partial charge in [0.15, 0.2) is 0 Å². The van der Waals surface area contributed by atoms with Crippen LogP contribution in [-0.4, -0.2) is 0 Å². The van der Waals surface area contributed by atoms with E-state index in [1.165, 1.54) is 33.6 Å². The van der Waals surface area contributed by atoms with E-state index in [1.54, 1.807) is 0 Å². The highest BCUT2D eigenvalue weighted by Gasteiger charge is 2.27. The maximum atomic E-state index is 6.10. The number of rotatable bonds is 7. The summed E-state index contributed by atoms with van der Waals surface area (Å²) in [6.07, 6.45) is 0. The minimum Gasteiger partial charge on any atom is -0.399 e. The molecule has 0 aromatic heterocycles. The Bertz CT molecular complexity index is 927. The van der Waals surface area contributed by atoms with Crippen LogP contribution in [0.3, 0.4) is 0 Å². The van der Waals surface area contributed by atoms with Crippen molar-refractivity contribution in [2.45, 2.75) is 79.1 Å². The summed E-state index contributed by atoms with van der Waals surface area (Å²) < 4.78 is 0. The van der Waals surface area contributed by atoms with E-state index >= 15 is 0 Å². The number of hydrogen-bond donors (Lipinski definition) is 1. The van der Waals surface area contributed by atoms with Crippen molar-refractivity contribution >= 4 is 22.7 Å². The van der Waals surface area contributed by atoms with E-state index in [-0.39, 0.29) is 0 Å². The van der Waals surface area contributed by atoms with E-state index in [0.717, 1.165) is 11.4 Å². The monoisotopic (exact) mass is 428 g/mol. The Morgan fingerprint density at radius 2 is 0.812 bits per heavy atom. The average molecular weight is 429 g/mol. The molecule has 0 aliphatic carbocycles. The minimum atomic E-state index is 0.411. The van der Waals surface area contributed by atoms with E-state index in [0.29, 0.717) is 23.7 Å². The largest absolute Gasteiger partial charge is 0.399 e. The fourth-order valence-electron chi connectivity index (χ4n) is 4.53. The lowest BCUT2D eigenvalue weighted by molar-refractivity contribution is 0.814. The molecule has 170 valence electrons. The minimum absolute atomic E-state index is 0.411. The van der Waals surface area contributed by atoms with Gasteiger partial charge >= 0.3 is 0 Å². The van der Waals surface area contributed by atoms with Crippen LogP contribution in [0.15, 0.2) is 60.7 Å². The molecule has 0 amide bonds. The quantitative estimate of drug-likeness (QED) is 0.380. The van der Waals surface area contributed by atoms with Gasteiger partial charge in [-0.1, -0.05) is 91.8 Å². The summed E-state index contributed by atoms with van der Waals surface area (Å²) >= 11 is 0. The summed E-state index contributed by atoms with van der Waals surface area (Å²) in [5.74, 6) is 1.64. The number of hydrogen-bond acceptors (Lipinski definition) is 2. The van der Waals surface area contributed by atoms with Crippen molar-refractivity contribution in [2.75, 3.05) is 10.6 Å². The van der Waals surface area contributed by atoms with Gasteiger partial charge in [0.1, 0.15) is 0 Å². The van der Waals surface area contributed by atoms with Crippen LogP contribution in [0.1, 0.15) is 101 Å². The molecule has 3 aromatic rings. The third-order valence-corrected chi connectivity index (χ3v) is 6.28. The van der Waals surface area contributed by atoms with E-state index in [1.807, 2.05) is 12.1 Å². The first-order valence-electron chi connectivity index (χ1n) is 12.0. The average Bonchev–Trinajstić information content (AvgIpc) is 2.74. The zero-order chi connectivity index (χ0) is 23.6. The standard InChI is InChI=1S/C30H40N2/c1-19(2)25-11-9-12-26(20(3)4)29(25)32(24-17-15-23(31)16-18-24)30-27(21(5)6)13-10-14-28(30)22(7)8/h9-22H,31H2,1-8H3. The lowest BCUT2D eigenvalue weighted by atomic mass is 9.88. The summed E-state index contributed by atoms with van der Waals surface area (Å²) in [5.41, 5.74) is 16.2. The van der Waals surface area contributed by atoms with Gasteiger partial charge in [-0.15, -0.1) is 0 Å². The van der Waals surface area contributed by atoms with Crippen molar-refractivity contribution in [1.29, 1.82) is 0 Å². The van der Waals surface area contributed by atoms with Gasteiger partial charge in [-0.2, -0.15) is 0 Å². The van der Waals surface area contributed by atoms with Crippen LogP contribution >= 0.6 is 0 Å². The zero-order valence-electron chi connectivity index (χ0n) is 21.1.